The molecule has 0 unspecified atom stereocenters. The fraction of sp³-hybridized carbons (Fsp3) is 0.600. The third kappa shape index (κ3) is 4.58. The Kier molecular flexibility index (Phi) is 6.17. The van der Waals surface area contributed by atoms with Gasteiger partial charge in [-0.05, 0) is 55.4 Å². The summed E-state index contributed by atoms with van der Waals surface area (Å²) >= 11 is 0. The number of rotatable bonds is 7. The zero-order chi connectivity index (χ0) is 15.3. The molecule has 5 heteroatoms. The van der Waals surface area contributed by atoms with Crippen molar-refractivity contribution in [1.29, 1.82) is 0 Å². The number of benzene rings is 1. The average Bonchev–Trinajstić information content (AvgIpc) is 2.34. The number of aryl methyl sites for hydroxylation is 2. The monoisotopic (exact) mass is 298 g/mol. The van der Waals surface area contributed by atoms with Crippen molar-refractivity contribution in [1.82, 2.24) is 4.72 Å². The normalized spacial score (nSPS) is 12.1. The molecular formula is C15H26N2O2S. The van der Waals surface area contributed by atoms with Crippen molar-refractivity contribution in [2.45, 2.75) is 52.0 Å². The van der Waals surface area contributed by atoms with Crippen molar-refractivity contribution in [2.75, 3.05) is 6.54 Å². The highest BCUT2D eigenvalue weighted by atomic mass is 32.2. The molecule has 0 saturated heterocycles. The van der Waals surface area contributed by atoms with E-state index in [4.69, 9.17) is 5.73 Å². The van der Waals surface area contributed by atoms with E-state index in [-0.39, 0.29) is 0 Å². The van der Waals surface area contributed by atoms with Gasteiger partial charge in [-0.2, -0.15) is 0 Å². The van der Waals surface area contributed by atoms with E-state index in [9.17, 15) is 8.42 Å². The molecule has 0 aliphatic carbocycles. The summed E-state index contributed by atoms with van der Waals surface area (Å²) in [5.41, 5.74) is 8.32. The van der Waals surface area contributed by atoms with Gasteiger partial charge in [0.05, 0.1) is 4.90 Å². The van der Waals surface area contributed by atoms with E-state index in [0.29, 0.717) is 23.9 Å². The Balaban J connectivity index is 2.87. The van der Waals surface area contributed by atoms with Gasteiger partial charge >= 0.3 is 0 Å². The van der Waals surface area contributed by atoms with Crippen molar-refractivity contribution >= 4 is 10.0 Å². The summed E-state index contributed by atoms with van der Waals surface area (Å²) in [5, 5.41) is 0. The van der Waals surface area contributed by atoms with Crippen LogP contribution in [0.2, 0.25) is 0 Å². The molecule has 0 spiro atoms. The van der Waals surface area contributed by atoms with Crippen LogP contribution >= 0.6 is 0 Å². The fourth-order valence-corrected chi connectivity index (χ4v) is 3.53. The minimum Gasteiger partial charge on any atom is -0.326 e. The number of nitrogens with two attached hydrogens (primary N) is 1. The number of nitrogens with one attached hydrogen (secondary N) is 1. The van der Waals surface area contributed by atoms with Crippen LogP contribution in [0.5, 0.6) is 0 Å². The van der Waals surface area contributed by atoms with Crippen LogP contribution in [0.4, 0.5) is 0 Å². The standard InChI is InChI=1S/C15H26N2O2S/c1-11(2)6-5-7-17-20(18,19)15-9-14(10-16)12(3)8-13(15)4/h8-9,11,17H,5-7,10,16H2,1-4H3. The average molecular weight is 298 g/mol. The molecule has 0 aliphatic heterocycles. The maximum absolute atomic E-state index is 12.3. The molecule has 114 valence electrons. The van der Waals surface area contributed by atoms with Crippen LogP contribution in [0.25, 0.3) is 0 Å². The van der Waals surface area contributed by atoms with Crippen LogP contribution in [-0.4, -0.2) is 15.0 Å². The summed E-state index contributed by atoms with van der Waals surface area (Å²) in [6.45, 7) is 8.85. The summed E-state index contributed by atoms with van der Waals surface area (Å²) < 4.78 is 27.3. The first-order valence-corrected chi connectivity index (χ1v) is 8.56. The van der Waals surface area contributed by atoms with Crippen LogP contribution < -0.4 is 10.5 Å². The highest BCUT2D eigenvalue weighted by Crippen LogP contribution is 2.20. The molecule has 0 atom stereocenters. The highest BCUT2D eigenvalue weighted by molar-refractivity contribution is 7.89. The Morgan fingerprint density at radius 3 is 2.40 bits per heavy atom. The minimum absolute atomic E-state index is 0.341. The first kappa shape index (κ1) is 17.1. The zero-order valence-corrected chi connectivity index (χ0v) is 13.7. The van der Waals surface area contributed by atoms with Crippen LogP contribution in [0.15, 0.2) is 17.0 Å². The predicted octanol–water partition coefficient (Wildman–Crippen LogP) is 2.48. The lowest BCUT2D eigenvalue weighted by Crippen LogP contribution is -2.26. The van der Waals surface area contributed by atoms with Gasteiger partial charge in [0.1, 0.15) is 0 Å². The summed E-state index contributed by atoms with van der Waals surface area (Å²) in [6, 6.07) is 3.57. The van der Waals surface area contributed by atoms with Gasteiger partial charge in [-0.25, -0.2) is 13.1 Å². The van der Waals surface area contributed by atoms with E-state index in [2.05, 4.69) is 18.6 Å². The molecule has 0 radical (unpaired) electrons. The summed E-state index contributed by atoms with van der Waals surface area (Å²) in [5.74, 6) is 0.587. The van der Waals surface area contributed by atoms with Gasteiger partial charge < -0.3 is 5.73 Å². The second-order valence-electron chi connectivity index (χ2n) is 5.68. The molecule has 1 aromatic rings. The summed E-state index contributed by atoms with van der Waals surface area (Å²) in [7, 11) is -3.44. The molecule has 4 nitrogen and oxygen atoms in total. The number of hydrogen-bond donors (Lipinski definition) is 2. The second-order valence-corrected chi connectivity index (χ2v) is 7.42. The molecule has 0 fully saturated rings. The Bertz CT molecular complexity index is 551. The largest absolute Gasteiger partial charge is 0.326 e. The van der Waals surface area contributed by atoms with E-state index < -0.39 is 10.0 Å². The molecule has 20 heavy (non-hydrogen) atoms. The molecule has 0 amide bonds. The first-order chi connectivity index (χ1) is 9.27. The molecule has 0 bridgehead atoms. The van der Waals surface area contributed by atoms with Gasteiger partial charge in [-0.3, -0.25) is 0 Å². The van der Waals surface area contributed by atoms with E-state index in [1.54, 1.807) is 6.07 Å². The van der Waals surface area contributed by atoms with Gasteiger partial charge in [0.15, 0.2) is 0 Å². The number of hydrogen-bond acceptors (Lipinski definition) is 3. The van der Waals surface area contributed by atoms with Crippen molar-refractivity contribution in [3.8, 4) is 0 Å². The van der Waals surface area contributed by atoms with Gasteiger partial charge in [0.2, 0.25) is 10.0 Å². The lowest BCUT2D eigenvalue weighted by molar-refractivity contribution is 0.539. The lowest BCUT2D eigenvalue weighted by atomic mass is 10.1. The zero-order valence-electron chi connectivity index (χ0n) is 12.9. The van der Waals surface area contributed by atoms with Crippen LogP contribution in [0.3, 0.4) is 0 Å². The Hall–Kier alpha value is -0.910. The first-order valence-electron chi connectivity index (χ1n) is 7.07. The lowest BCUT2D eigenvalue weighted by Gasteiger charge is -2.13. The van der Waals surface area contributed by atoms with E-state index in [0.717, 1.165) is 29.5 Å². The quantitative estimate of drug-likeness (QED) is 0.760. The Morgan fingerprint density at radius 2 is 1.85 bits per heavy atom. The van der Waals surface area contributed by atoms with Crippen molar-refractivity contribution in [2.24, 2.45) is 11.7 Å². The minimum atomic E-state index is -3.44. The van der Waals surface area contributed by atoms with E-state index in [1.807, 2.05) is 19.9 Å². The van der Waals surface area contributed by atoms with E-state index >= 15 is 0 Å². The van der Waals surface area contributed by atoms with Crippen molar-refractivity contribution in [3.05, 3.63) is 28.8 Å². The van der Waals surface area contributed by atoms with Gasteiger partial charge in [0, 0.05) is 13.1 Å². The van der Waals surface area contributed by atoms with Gasteiger partial charge in [0.25, 0.3) is 0 Å². The molecule has 0 heterocycles. The second kappa shape index (κ2) is 7.20. The smallest absolute Gasteiger partial charge is 0.240 e. The van der Waals surface area contributed by atoms with Gasteiger partial charge in [-0.15, -0.1) is 0 Å². The number of sulfonamides is 1. The molecule has 1 rings (SSSR count). The molecule has 1 aromatic carbocycles. The molecular weight excluding hydrogens is 272 g/mol. The molecule has 0 saturated carbocycles. The van der Waals surface area contributed by atoms with Crippen molar-refractivity contribution in [3.63, 3.8) is 0 Å². The maximum atomic E-state index is 12.3. The predicted molar refractivity (Wildman–Crippen MR) is 83.1 cm³/mol. The fourth-order valence-electron chi connectivity index (χ4n) is 2.18. The Morgan fingerprint density at radius 1 is 1.20 bits per heavy atom. The molecule has 0 aliphatic rings. The summed E-state index contributed by atoms with van der Waals surface area (Å²) in [4.78, 5) is 0.341. The van der Waals surface area contributed by atoms with Crippen LogP contribution in [0.1, 0.15) is 43.4 Å². The Labute approximate surface area is 122 Å². The third-order valence-corrected chi connectivity index (χ3v) is 5.00. The SMILES string of the molecule is Cc1cc(C)c(S(=O)(=O)NCCCC(C)C)cc1CN. The van der Waals surface area contributed by atoms with E-state index in [1.165, 1.54) is 0 Å². The third-order valence-electron chi connectivity index (χ3n) is 3.39. The summed E-state index contributed by atoms with van der Waals surface area (Å²) in [6.07, 6.45) is 1.87. The van der Waals surface area contributed by atoms with Gasteiger partial charge in [-0.1, -0.05) is 19.9 Å². The van der Waals surface area contributed by atoms with Crippen molar-refractivity contribution < 1.29 is 8.42 Å². The molecule has 0 aromatic heterocycles. The highest BCUT2D eigenvalue weighted by Gasteiger charge is 2.17. The molecule has 3 N–H and O–H groups in total. The topological polar surface area (TPSA) is 72.2 Å². The van der Waals surface area contributed by atoms with Crippen LogP contribution in [-0.2, 0) is 16.6 Å². The maximum Gasteiger partial charge on any atom is 0.240 e. The van der Waals surface area contributed by atoms with Crippen LogP contribution in [0, 0.1) is 19.8 Å².